The number of carboxylic acids is 1. The minimum atomic E-state index is -1.06. The van der Waals surface area contributed by atoms with E-state index in [0.29, 0.717) is 23.6 Å². The first kappa shape index (κ1) is 13.9. The van der Waals surface area contributed by atoms with Crippen molar-refractivity contribution < 1.29 is 24.2 Å². The average molecular weight is 299 g/mol. The lowest BCUT2D eigenvalue weighted by Crippen LogP contribution is -2.23. The van der Waals surface area contributed by atoms with Crippen LogP contribution in [0.15, 0.2) is 42.5 Å². The topological polar surface area (TPSA) is 84.9 Å². The summed E-state index contributed by atoms with van der Waals surface area (Å²) in [4.78, 5) is 23.0. The number of amides is 1. The molecule has 2 aromatic rings. The molecular formula is C16H13NO5. The highest BCUT2D eigenvalue weighted by atomic mass is 16.7. The normalized spacial score (nSPS) is 12.0. The highest BCUT2D eigenvalue weighted by molar-refractivity contribution is 5.97. The first-order chi connectivity index (χ1) is 10.6. The third kappa shape index (κ3) is 2.85. The van der Waals surface area contributed by atoms with Crippen LogP contribution in [-0.2, 0) is 6.54 Å². The van der Waals surface area contributed by atoms with Crippen LogP contribution in [0.5, 0.6) is 11.5 Å². The fourth-order valence-corrected chi connectivity index (χ4v) is 2.13. The molecule has 2 aromatic carbocycles. The van der Waals surface area contributed by atoms with Gasteiger partial charge in [0, 0.05) is 12.1 Å². The highest BCUT2D eigenvalue weighted by Gasteiger charge is 2.14. The van der Waals surface area contributed by atoms with Gasteiger partial charge in [-0.25, -0.2) is 4.79 Å². The summed E-state index contributed by atoms with van der Waals surface area (Å²) >= 11 is 0. The van der Waals surface area contributed by atoms with Crippen molar-refractivity contribution in [1.82, 2.24) is 5.32 Å². The Labute approximate surface area is 126 Å². The van der Waals surface area contributed by atoms with Crippen LogP contribution in [0.1, 0.15) is 26.3 Å². The van der Waals surface area contributed by atoms with Gasteiger partial charge in [0.1, 0.15) is 0 Å². The molecule has 1 heterocycles. The molecule has 0 bridgehead atoms. The van der Waals surface area contributed by atoms with Crippen molar-refractivity contribution in [1.29, 1.82) is 0 Å². The minimum absolute atomic E-state index is 0.0794. The Morgan fingerprint density at radius 3 is 2.64 bits per heavy atom. The van der Waals surface area contributed by atoms with Gasteiger partial charge in [0.2, 0.25) is 6.79 Å². The Bertz CT molecular complexity index is 741. The standard InChI is InChI=1S/C16H13NO5/c18-15(11-2-1-3-12(7-11)16(19)20)17-8-10-4-5-13-14(6-10)22-9-21-13/h1-7H,8-9H2,(H,17,18)(H,19,20). The lowest BCUT2D eigenvalue weighted by molar-refractivity contribution is 0.0697. The zero-order valence-corrected chi connectivity index (χ0v) is 11.5. The molecule has 0 saturated heterocycles. The number of nitrogens with one attached hydrogen (secondary N) is 1. The molecule has 0 spiro atoms. The Kier molecular flexibility index (Phi) is 3.65. The second-order valence-corrected chi connectivity index (χ2v) is 4.76. The molecule has 0 aliphatic carbocycles. The van der Waals surface area contributed by atoms with Crippen LogP contribution in [-0.4, -0.2) is 23.8 Å². The van der Waals surface area contributed by atoms with E-state index < -0.39 is 5.97 Å². The van der Waals surface area contributed by atoms with Gasteiger partial charge in [-0.2, -0.15) is 0 Å². The monoisotopic (exact) mass is 299 g/mol. The Balaban J connectivity index is 1.67. The lowest BCUT2D eigenvalue weighted by Gasteiger charge is -2.07. The highest BCUT2D eigenvalue weighted by Crippen LogP contribution is 2.32. The van der Waals surface area contributed by atoms with Crippen molar-refractivity contribution >= 4 is 11.9 Å². The van der Waals surface area contributed by atoms with E-state index in [1.165, 1.54) is 12.1 Å². The van der Waals surface area contributed by atoms with Crippen molar-refractivity contribution in [2.24, 2.45) is 0 Å². The number of aromatic carboxylic acids is 1. The van der Waals surface area contributed by atoms with Crippen LogP contribution >= 0.6 is 0 Å². The molecule has 2 N–H and O–H groups in total. The van der Waals surface area contributed by atoms with Crippen LogP contribution in [0.3, 0.4) is 0 Å². The number of fused-ring (bicyclic) bond motifs is 1. The SMILES string of the molecule is O=C(O)c1cccc(C(=O)NCc2ccc3c(c2)OCO3)c1. The first-order valence-electron chi connectivity index (χ1n) is 6.63. The quantitative estimate of drug-likeness (QED) is 0.902. The number of ether oxygens (including phenoxy) is 2. The van der Waals surface area contributed by atoms with Crippen LogP contribution < -0.4 is 14.8 Å². The molecule has 0 saturated carbocycles. The number of hydrogen-bond acceptors (Lipinski definition) is 4. The summed E-state index contributed by atoms with van der Waals surface area (Å²) in [5.41, 5.74) is 1.25. The van der Waals surface area contributed by atoms with Crippen LogP contribution in [0, 0.1) is 0 Å². The number of rotatable bonds is 4. The summed E-state index contributed by atoms with van der Waals surface area (Å²) in [6.45, 7) is 0.514. The predicted octanol–water partition coefficient (Wildman–Crippen LogP) is 2.04. The van der Waals surface area contributed by atoms with Gasteiger partial charge in [0.25, 0.3) is 5.91 Å². The molecule has 1 aliphatic heterocycles. The molecule has 1 amide bonds. The fraction of sp³-hybridized carbons (Fsp3) is 0.125. The van der Waals surface area contributed by atoms with Gasteiger partial charge in [0.15, 0.2) is 11.5 Å². The second-order valence-electron chi connectivity index (χ2n) is 4.76. The van der Waals surface area contributed by atoms with Crippen LogP contribution in [0.2, 0.25) is 0 Å². The van der Waals surface area contributed by atoms with E-state index in [2.05, 4.69) is 5.32 Å². The van der Waals surface area contributed by atoms with Crippen LogP contribution in [0.25, 0.3) is 0 Å². The molecule has 0 radical (unpaired) electrons. The molecule has 0 atom stereocenters. The number of carbonyl (C=O) groups excluding carboxylic acids is 1. The molecule has 0 unspecified atom stereocenters. The molecule has 6 nitrogen and oxygen atoms in total. The summed E-state index contributed by atoms with van der Waals surface area (Å²) in [6.07, 6.45) is 0. The maximum absolute atomic E-state index is 12.1. The maximum Gasteiger partial charge on any atom is 0.335 e. The van der Waals surface area contributed by atoms with Gasteiger partial charge in [0.05, 0.1) is 5.56 Å². The summed E-state index contributed by atoms with van der Waals surface area (Å²) in [7, 11) is 0. The average Bonchev–Trinajstić information content (AvgIpc) is 3.00. The van der Waals surface area contributed by atoms with Crippen molar-refractivity contribution in [3.05, 3.63) is 59.2 Å². The van der Waals surface area contributed by atoms with E-state index in [-0.39, 0.29) is 18.3 Å². The van der Waals surface area contributed by atoms with Crippen molar-refractivity contribution in [3.63, 3.8) is 0 Å². The molecule has 22 heavy (non-hydrogen) atoms. The Morgan fingerprint density at radius 1 is 1.05 bits per heavy atom. The molecule has 3 rings (SSSR count). The lowest BCUT2D eigenvalue weighted by atomic mass is 10.1. The smallest absolute Gasteiger partial charge is 0.335 e. The largest absolute Gasteiger partial charge is 0.478 e. The number of benzene rings is 2. The molecule has 1 aliphatic rings. The number of carbonyl (C=O) groups is 2. The molecule has 6 heteroatoms. The van der Waals surface area contributed by atoms with Crippen molar-refractivity contribution in [2.75, 3.05) is 6.79 Å². The summed E-state index contributed by atoms with van der Waals surface area (Å²) in [5.74, 6) is -0.0601. The van der Waals surface area contributed by atoms with Gasteiger partial charge in [-0.1, -0.05) is 12.1 Å². The summed E-state index contributed by atoms with van der Waals surface area (Å²) in [6, 6.07) is 11.3. The molecule has 0 aromatic heterocycles. The third-order valence-corrected chi connectivity index (χ3v) is 3.26. The molecule has 0 fully saturated rings. The first-order valence-corrected chi connectivity index (χ1v) is 6.63. The maximum atomic E-state index is 12.1. The van der Waals surface area contributed by atoms with E-state index in [9.17, 15) is 9.59 Å². The summed E-state index contributed by atoms with van der Waals surface area (Å²) < 4.78 is 10.5. The third-order valence-electron chi connectivity index (χ3n) is 3.26. The van der Waals surface area contributed by atoms with E-state index >= 15 is 0 Å². The van der Waals surface area contributed by atoms with E-state index in [4.69, 9.17) is 14.6 Å². The summed E-state index contributed by atoms with van der Waals surface area (Å²) in [5, 5.41) is 11.7. The zero-order chi connectivity index (χ0) is 15.5. The van der Waals surface area contributed by atoms with Crippen molar-refractivity contribution in [2.45, 2.75) is 6.54 Å². The minimum Gasteiger partial charge on any atom is -0.478 e. The van der Waals surface area contributed by atoms with Gasteiger partial charge in [-0.15, -0.1) is 0 Å². The Morgan fingerprint density at radius 2 is 1.82 bits per heavy atom. The molecular weight excluding hydrogens is 286 g/mol. The van der Waals surface area contributed by atoms with Gasteiger partial charge >= 0.3 is 5.97 Å². The number of hydrogen-bond donors (Lipinski definition) is 2. The van der Waals surface area contributed by atoms with E-state index in [0.717, 1.165) is 5.56 Å². The van der Waals surface area contributed by atoms with Gasteiger partial charge < -0.3 is 19.9 Å². The van der Waals surface area contributed by atoms with Gasteiger partial charge in [-0.05, 0) is 35.9 Å². The van der Waals surface area contributed by atoms with Crippen molar-refractivity contribution in [3.8, 4) is 11.5 Å². The Hall–Kier alpha value is -3.02. The zero-order valence-electron chi connectivity index (χ0n) is 11.5. The molecule has 112 valence electrons. The van der Waals surface area contributed by atoms with E-state index in [1.807, 2.05) is 6.07 Å². The predicted molar refractivity (Wildman–Crippen MR) is 77.1 cm³/mol. The van der Waals surface area contributed by atoms with E-state index in [1.54, 1.807) is 24.3 Å². The fourth-order valence-electron chi connectivity index (χ4n) is 2.13. The second kappa shape index (κ2) is 5.77. The van der Waals surface area contributed by atoms with Gasteiger partial charge in [-0.3, -0.25) is 4.79 Å². The number of carboxylic acid groups (broad SMARTS) is 1. The van der Waals surface area contributed by atoms with Crippen LogP contribution in [0.4, 0.5) is 0 Å².